The van der Waals surface area contributed by atoms with E-state index in [1.54, 1.807) is 0 Å². The molecule has 0 amide bonds. The van der Waals surface area contributed by atoms with Gasteiger partial charge < -0.3 is 10.8 Å². The number of benzene rings is 1. The van der Waals surface area contributed by atoms with E-state index in [2.05, 4.69) is 0 Å². The largest absolute Gasteiger partial charge is 0.480 e. The number of carbonyl (C=O) groups is 1. The van der Waals surface area contributed by atoms with Gasteiger partial charge in [-0.25, -0.2) is 8.78 Å². The summed E-state index contributed by atoms with van der Waals surface area (Å²) in [6.45, 7) is 1.47. The van der Waals surface area contributed by atoms with Gasteiger partial charge in [0.15, 0.2) is 11.6 Å². The lowest BCUT2D eigenvalue weighted by Crippen LogP contribution is -2.22. The van der Waals surface area contributed by atoms with Crippen molar-refractivity contribution in [2.24, 2.45) is 5.73 Å². The maximum absolute atomic E-state index is 12.8. The molecule has 0 heterocycles. The second-order valence-corrected chi connectivity index (χ2v) is 2.94. The molecule has 0 spiro atoms. The highest BCUT2D eigenvalue weighted by molar-refractivity contribution is 5.75. The Bertz CT molecular complexity index is 379. The highest BCUT2D eigenvalue weighted by Gasteiger charge is 2.18. The van der Waals surface area contributed by atoms with Crippen molar-refractivity contribution in [3.8, 4) is 0 Å². The predicted octanol–water partition coefficient (Wildman–Crippen LogP) is 1.36. The van der Waals surface area contributed by atoms with Crippen molar-refractivity contribution in [2.45, 2.75) is 13.0 Å². The molecule has 0 bridgehead atoms. The highest BCUT2D eigenvalue weighted by Crippen LogP contribution is 2.19. The second kappa shape index (κ2) is 3.71. The number of nitrogens with two attached hydrogens (primary N) is 1. The summed E-state index contributed by atoms with van der Waals surface area (Å²) < 4.78 is 25.4. The summed E-state index contributed by atoms with van der Waals surface area (Å²) in [6.07, 6.45) is 0. The molecule has 0 aliphatic carbocycles. The number of carboxylic acids is 1. The first-order valence-corrected chi connectivity index (χ1v) is 3.87. The van der Waals surface area contributed by atoms with Gasteiger partial charge in [0, 0.05) is 0 Å². The van der Waals surface area contributed by atoms with Crippen molar-refractivity contribution < 1.29 is 18.7 Å². The van der Waals surface area contributed by atoms with E-state index < -0.39 is 23.6 Å². The Morgan fingerprint density at radius 1 is 1.43 bits per heavy atom. The zero-order valence-corrected chi connectivity index (χ0v) is 7.42. The molecule has 1 aromatic rings. The van der Waals surface area contributed by atoms with Crippen LogP contribution in [0.2, 0.25) is 0 Å². The Morgan fingerprint density at radius 2 is 1.93 bits per heavy atom. The number of carboxylic acid groups (broad SMARTS) is 1. The summed E-state index contributed by atoms with van der Waals surface area (Å²) in [7, 11) is 0. The van der Waals surface area contributed by atoms with Gasteiger partial charge in [-0.05, 0) is 30.2 Å². The van der Waals surface area contributed by atoms with Crippen LogP contribution in [0.15, 0.2) is 12.1 Å². The smallest absolute Gasteiger partial charge is 0.325 e. The van der Waals surface area contributed by atoms with Crippen LogP contribution in [-0.2, 0) is 4.79 Å². The Balaban J connectivity index is 3.22. The quantitative estimate of drug-likeness (QED) is 0.759. The third-order valence-electron chi connectivity index (χ3n) is 1.91. The minimum atomic E-state index is -1.33. The van der Waals surface area contributed by atoms with Crippen molar-refractivity contribution in [1.82, 2.24) is 0 Å². The molecular formula is C9H9F2NO2. The first-order valence-electron chi connectivity index (χ1n) is 3.87. The van der Waals surface area contributed by atoms with E-state index in [4.69, 9.17) is 10.8 Å². The molecule has 0 saturated carbocycles. The fourth-order valence-corrected chi connectivity index (χ4v) is 1.13. The van der Waals surface area contributed by atoms with E-state index in [1.807, 2.05) is 0 Å². The van der Waals surface area contributed by atoms with Crippen LogP contribution in [0, 0.1) is 18.6 Å². The summed E-state index contributed by atoms with van der Waals surface area (Å²) in [5.41, 5.74) is 5.67. The van der Waals surface area contributed by atoms with E-state index in [9.17, 15) is 13.6 Å². The molecule has 0 saturated heterocycles. The molecule has 5 heteroatoms. The maximum atomic E-state index is 12.8. The van der Waals surface area contributed by atoms with Crippen LogP contribution in [0.1, 0.15) is 17.2 Å². The van der Waals surface area contributed by atoms with Gasteiger partial charge in [0.25, 0.3) is 0 Å². The lowest BCUT2D eigenvalue weighted by molar-refractivity contribution is -0.138. The molecule has 3 N–H and O–H groups in total. The van der Waals surface area contributed by atoms with Crippen LogP contribution < -0.4 is 5.73 Å². The first-order chi connectivity index (χ1) is 6.43. The lowest BCUT2D eigenvalue weighted by atomic mass is 10.0. The SMILES string of the molecule is Cc1cc(F)c(F)cc1C(N)C(=O)O. The minimum Gasteiger partial charge on any atom is -0.480 e. The number of hydrogen-bond acceptors (Lipinski definition) is 2. The van der Waals surface area contributed by atoms with Crippen LogP contribution in [0.5, 0.6) is 0 Å². The molecule has 0 radical (unpaired) electrons. The molecule has 1 unspecified atom stereocenters. The Labute approximate surface area is 79.2 Å². The van der Waals surface area contributed by atoms with Crippen LogP contribution in [0.25, 0.3) is 0 Å². The van der Waals surface area contributed by atoms with Gasteiger partial charge in [-0.2, -0.15) is 0 Å². The molecule has 14 heavy (non-hydrogen) atoms. The Kier molecular flexibility index (Phi) is 2.81. The number of aryl methyl sites for hydroxylation is 1. The van der Waals surface area contributed by atoms with Crippen LogP contribution in [-0.4, -0.2) is 11.1 Å². The number of hydrogen-bond donors (Lipinski definition) is 2. The summed E-state index contributed by atoms with van der Waals surface area (Å²) in [5, 5.41) is 8.58. The monoisotopic (exact) mass is 201 g/mol. The van der Waals surface area contributed by atoms with E-state index in [0.29, 0.717) is 5.56 Å². The number of halogens is 2. The molecule has 0 fully saturated rings. The third-order valence-corrected chi connectivity index (χ3v) is 1.91. The molecule has 0 aliphatic rings. The molecule has 0 aromatic heterocycles. The fourth-order valence-electron chi connectivity index (χ4n) is 1.13. The molecule has 76 valence electrons. The van der Waals surface area contributed by atoms with E-state index >= 15 is 0 Å². The molecule has 3 nitrogen and oxygen atoms in total. The summed E-state index contributed by atoms with van der Waals surface area (Å²) >= 11 is 0. The molecule has 1 aromatic carbocycles. The van der Waals surface area contributed by atoms with E-state index in [-0.39, 0.29) is 5.56 Å². The van der Waals surface area contributed by atoms with Gasteiger partial charge in [0.2, 0.25) is 0 Å². The van der Waals surface area contributed by atoms with Crippen LogP contribution in [0.3, 0.4) is 0 Å². The van der Waals surface area contributed by atoms with Gasteiger partial charge >= 0.3 is 5.97 Å². The van der Waals surface area contributed by atoms with Crippen LogP contribution in [0.4, 0.5) is 8.78 Å². The average molecular weight is 201 g/mol. The molecule has 0 aliphatic heterocycles. The van der Waals surface area contributed by atoms with Gasteiger partial charge in [-0.3, -0.25) is 4.79 Å². The van der Waals surface area contributed by atoms with Crippen molar-refractivity contribution in [3.63, 3.8) is 0 Å². The van der Waals surface area contributed by atoms with Gasteiger partial charge in [-0.15, -0.1) is 0 Å². The standard InChI is InChI=1S/C9H9F2NO2/c1-4-2-6(10)7(11)3-5(4)8(12)9(13)14/h2-3,8H,12H2,1H3,(H,13,14). The number of aliphatic carboxylic acids is 1. The molecule has 1 rings (SSSR count). The zero-order valence-electron chi connectivity index (χ0n) is 7.42. The zero-order chi connectivity index (χ0) is 10.9. The van der Waals surface area contributed by atoms with E-state index in [1.165, 1.54) is 6.92 Å². The molecular weight excluding hydrogens is 192 g/mol. The predicted molar refractivity (Wildman–Crippen MR) is 45.7 cm³/mol. The third kappa shape index (κ3) is 1.88. The van der Waals surface area contributed by atoms with Gasteiger partial charge in [0.05, 0.1) is 0 Å². The topological polar surface area (TPSA) is 63.3 Å². The summed E-state index contributed by atoms with van der Waals surface area (Å²) in [4.78, 5) is 10.5. The van der Waals surface area contributed by atoms with Crippen molar-refractivity contribution in [2.75, 3.05) is 0 Å². The Hall–Kier alpha value is -1.49. The van der Waals surface area contributed by atoms with Crippen molar-refractivity contribution >= 4 is 5.97 Å². The number of rotatable bonds is 2. The van der Waals surface area contributed by atoms with Gasteiger partial charge in [0.1, 0.15) is 6.04 Å². The fraction of sp³-hybridized carbons (Fsp3) is 0.222. The summed E-state index contributed by atoms with van der Waals surface area (Å²) in [6, 6.07) is 0.404. The van der Waals surface area contributed by atoms with Crippen molar-refractivity contribution in [1.29, 1.82) is 0 Å². The first kappa shape index (κ1) is 10.6. The van der Waals surface area contributed by atoms with Crippen LogP contribution >= 0.6 is 0 Å². The second-order valence-electron chi connectivity index (χ2n) is 2.94. The molecule has 1 atom stereocenters. The normalized spacial score (nSPS) is 12.6. The maximum Gasteiger partial charge on any atom is 0.325 e. The average Bonchev–Trinajstić information content (AvgIpc) is 2.10. The van der Waals surface area contributed by atoms with Gasteiger partial charge in [-0.1, -0.05) is 0 Å². The lowest BCUT2D eigenvalue weighted by Gasteiger charge is -2.10. The van der Waals surface area contributed by atoms with E-state index in [0.717, 1.165) is 12.1 Å². The summed E-state index contributed by atoms with van der Waals surface area (Å²) in [5.74, 6) is -3.38. The minimum absolute atomic E-state index is 0.0800. The Morgan fingerprint density at radius 3 is 2.43 bits per heavy atom. The highest BCUT2D eigenvalue weighted by atomic mass is 19.2. The van der Waals surface area contributed by atoms with Crippen molar-refractivity contribution in [3.05, 3.63) is 34.9 Å².